The zero-order valence-corrected chi connectivity index (χ0v) is 14.3. The van der Waals surface area contributed by atoms with Crippen molar-refractivity contribution in [1.29, 1.82) is 0 Å². The van der Waals surface area contributed by atoms with E-state index in [0.717, 1.165) is 0 Å². The van der Waals surface area contributed by atoms with E-state index in [1.54, 1.807) is 0 Å². The van der Waals surface area contributed by atoms with Gasteiger partial charge in [-0.25, -0.2) is 0 Å². The molecule has 3 rings (SSSR count). The van der Waals surface area contributed by atoms with Crippen molar-refractivity contribution < 1.29 is 24.2 Å². The third-order valence-corrected chi connectivity index (χ3v) is 4.65. The third-order valence-electron chi connectivity index (χ3n) is 3.00. The van der Waals surface area contributed by atoms with Gasteiger partial charge in [-0.3, -0.25) is 10.1 Å². The number of ether oxygens (including phenoxy) is 3. The monoisotopic (exact) mass is 411 g/mol. The van der Waals surface area contributed by atoms with E-state index in [2.05, 4.69) is 0 Å². The van der Waals surface area contributed by atoms with Crippen LogP contribution in [0.2, 0.25) is 20.1 Å². The Hall–Kier alpha value is -1.80. The van der Waals surface area contributed by atoms with Gasteiger partial charge in [0, 0.05) is 6.07 Å². The molecule has 0 spiro atoms. The predicted molar refractivity (Wildman–Crippen MR) is 86.9 cm³/mol. The van der Waals surface area contributed by atoms with Crippen LogP contribution >= 0.6 is 46.4 Å². The van der Waals surface area contributed by atoms with Gasteiger partial charge in [0.05, 0.1) is 11.0 Å². The molecular weight excluding hydrogens is 408 g/mol. The predicted octanol–water partition coefficient (Wildman–Crippen LogP) is 5.05. The molecule has 0 saturated heterocycles. The first-order chi connectivity index (χ1) is 11.3. The van der Waals surface area contributed by atoms with Crippen molar-refractivity contribution in [2.45, 2.75) is 6.48 Å². The number of rotatable bonds is 3. The Balaban J connectivity index is 1.88. The molecule has 2 aromatic rings. The van der Waals surface area contributed by atoms with Gasteiger partial charge >= 0.3 is 6.48 Å². The molecule has 2 aromatic carbocycles. The lowest BCUT2D eigenvalue weighted by molar-refractivity contribution is -0.384. The SMILES string of the molecule is O=[N+]([O-])c1ccc2c(c1)OC(Oc1c(Cl)c(Cl)c(O)c(Cl)c1Cl)O2. The summed E-state index contributed by atoms with van der Waals surface area (Å²) >= 11 is 23.6. The molecule has 1 atom stereocenters. The molecule has 1 aliphatic rings. The molecule has 0 amide bonds. The van der Waals surface area contributed by atoms with Gasteiger partial charge in [0.2, 0.25) is 0 Å². The van der Waals surface area contributed by atoms with Crippen LogP contribution in [0.5, 0.6) is 23.0 Å². The van der Waals surface area contributed by atoms with Gasteiger partial charge in [-0.05, 0) is 6.07 Å². The maximum Gasteiger partial charge on any atom is 0.407 e. The van der Waals surface area contributed by atoms with Crippen LogP contribution in [0.3, 0.4) is 0 Å². The van der Waals surface area contributed by atoms with Crippen LogP contribution in [0.1, 0.15) is 0 Å². The fourth-order valence-corrected chi connectivity index (χ4v) is 2.79. The molecule has 126 valence electrons. The second-order valence-electron chi connectivity index (χ2n) is 4.46. The molecule has 1 unspecified atom stereocenters. The Morgan fingerprint density at radius 3 is 2.21 bits per heavy atom. The van der Waals surface area contributed by atoms with E-state index in [4.69, 9.17) is 60.6 Å². The lowest BCUT2D eigenvalue weighted by Crippen LogP contribution is -2.25. The van der Waals surface area contributed by atoms with Crippen LogP contribution in [0.4, 0.5) is 5.69 Å². The number of non-ortho nitro benzene ring substituents is 1. The highest BCUT2D eigenvalue weighted by atomic mass is 35.5. The molecule has 24 heavy (non-hydrogen) atoms. The number of phenolic OH excluding ortho intramolecular Hbond substituents is 1. The number of hydrogen-bond donors (Lipinski definition) is 1. The van der Waals surface area contributed by atoms with E-state index in [-0.39, 0.29) is 43.0 Å². The number of benzene rings is 2. The van der Waals surface area contributed by atoms with E-state index in [1.807, 2.05) is 0 Å². The number of nitrogens with zero attached hydrogens (tertiary/aromatic N) is 1. The number of phenols is 1. The van der Waals surface area contributed by atoms with Crippen molar-refractivity contribution in [3.63, 3.8) is 0 Å². The normalized spacial score (nSPS) is 15.4. The molecule has 0 aromatic heterocycles. The molecule has 7 nitrogen and oxygen atoms in total. The van der Waals surface area contributed by atoms with E-state index in [9.17, 15) is 15.2 Å². The van der Waals surface area contributed by atoms with Gasteiger partial charge in [0.15, 0.2) is 23.0 Å². The number of halogens is 4. The zero-order valence-electron chi connectivity index (χ0n) is 11.3. The maximum absolute atomic E-state index is 10.8. The maximum atomic E-state index is 10.8. The summed E-state index contributed by atoms with van der Waals surface area (Å²) in [5.41, 5.74) is -0.176. The van der Waals surface area contributed by atoms with Gasteiger partial charge in [-0.2, -0.15) is 0 Å². The minimum atomic E-state index is -1.33. The van der Waals surface area contributed by atoms with Gasteiger partial charge in [0.1, 0.15) is 20.1 Å². The molecule has 0 fully saturated rings. The van der Waals surface area contributed by atoms with E-state index in [0.29, 0.717) is 0 Å². The van der Waals surface area contributed by atoms with Crippen molar-refractivity contribution in [1.82, 2.24) is 0 Å². The van der Waals surface area contributed by atoms with Crippen LogP contribution in [0, 0.1) is 10.1 Å². The molecule has 0 bridgehead atoms. The highest BCUT2D eigenvalue weighted by Crippen LogP contribution is 2.50. The summed E-state index contributed by atoms with van der Waals surface area (Å²) in [6, 6.07) is 3.79. The fraction of sp³-hybridized carbons (Fsp3) is 0.0769. The van der Waals surface area contributed by atoms with Gasteiger partial charge in [-0.1, -0.05) is 46.4 Å². The molecule has 1 N–H and O–H groups in total. The first-order valence-corrected chi connectivity index (χ1v) is 7.64. The number of fused-ring (bicyclic) bond motifs is 1. The topological polar surface area (TPSA) is 91.1 Å². The van der Waals surface area contributed by atoms with Gasteiger partial charge in [-0.15, -0.1) is 0 Å². The Labute approximate surface area is 154 Å². The van der Waals surface area contributed by atoms with Crippen LogP contribution in [-0.4, -0.2) is 16.5 Å². The second kappa shape index (κ2) is 6.25. The lowest BCUT2D eigenvalue weighted by atomic mass is 10.3. The standard InChI is InChI=1S/C13H5Cl4NO6/c14-7-9(16)12(10(17)8(15)11(7)19)24-13-22-5-2-1-4(18(20)21)3-6(5)23-13/h1-3,13,19H. The Bertz CT molecular complexity index is 830. The molecule has 0 saturated carbocycles. The number of nitro benzene ring substituents is 1. The zero-order chi connectivity index (χ0) is 17.6. The van der Waals surface area contributed by atoms with Crippen LogP contribution < -0.4 is 14.2 Å². The molecule has 1 aliphatic heterocycles. The summed E-state index contributed by atoms with van der Waals surface area (Å²) in [6.07, 6.45) is 0. The van der Waals surface area contributed by atoms with E-state index in [1.165, 1.54) is 18.2 Å². The Morgan fingerprint density at radius 2 is 1.62 bits per heavy atom. The van der Waals surface area contributed by atoms with Crippen LogP contribution in [0.25, 0.3) is 0 Å². The fourth-order valence-electron chi connectivity index (χ4n) is 1.88. The Kier molecular flexibility index (Phi) is 4.44. The van der Waals surface area contributed by atoms with Crippen molar-refractivity contribution in [3.05, 3.63) is 48.4 Å². The van der Waals surface area contributed by atoms with E-state index >= 15 is 0 Å². The molecule has 11 heteroatoms. The minimum absolute atomic E-state index is 0.109. The highest BCUT2D eigenvalue weighted by Gasteiger charge is 2.31. The summed E-state index contributed by atoms with van der Waals surface area (Å²) in [6.45, 7) is -1.33. The average molecular weight is 413 g/mol. The average Bonchev–Trinajstić information content (AvgIpc) is 2.96. The number of nitro groups is 1. The summed E-state index contributed by atoms with van der Waals surface area (Å²) in [5.74, 6) is -0.322. The van der Waals surface area contributed by atoms with E-state index < -0.39 is 17.1 Å². The van der Waals surface area contributed by atoms with Crippen LogP contribution in [-0.2, 0) is 0 Å². The first-order valence-electron chi connectivity index (χ1n) is 6.13. The van der Waals surface area contributed by atoms with Crippen molar-refractivity contribution >= 4 is 52.1 Å². The van der Waals surface area contributed by atoms with Gasteiger partial charge < -0.3 is 19.3 Å². The third kappa shape index (κ3) is 2.84. The highest BCUT2D eigenvalue weighted by molar-refractivity contribution is 6.50. The largest absolute Gasteiger partial charge is 0.505 e. The molecule has 0 radical (unpaired) electrons. The smallest absolute Gasteiger partial charge is 0.407 e. The van der Waals surface area contributed by atoms with Crippen molar-refractivity contribution in [2.75, 3.05) is 0 Å². The van der Waals surface area contributed by atoms with Crippen LogP contribution in [0.15, 0.2) is 18.2 Å². The summed E-state index contributed by atoms with van der Waals surface area (Å²) in [7, 11) is 0. The Morgan fingerprint density at radius 1 is 1.04 bits per heavy atom. The number of aromatic hydroxyl groups is 1. The summed E-state index contributed by atoms with van der Waals surface area (Å²) in [5, 5.41) is 19.5. The molecule has 0 aliphatic carbocycles. The number of hydrogen-bond acceptors (Lipinski definition) is 6. The van der Waals surface area contributed by atoms with Crippen molar-refractivity contribution in [2.24, 2.45) is 0 Å². The quantitative estimate of drug-likeness (QED) is 0.431. The first kappa shape index (κ1) is 17.0. The molecule has 1 heterocycles. The summed E-state index contributed by atoms with van der Waals surface area (Å²) in [4.78, 5) is 10.2. The second-order valence-corrected chi connectivity index (χ2v) is 5.98. The summed E-state index contributed by atoms with van der Waals surface area (Å²) < 4.78 is 16.0. The minimum Gasteiger partial charge on any atom is -0.505 e. The molecular formula is C13H5Cl4NO6. The lowest BCUT2D eigenvalue weighted by Gasteiger charge is -2.16. The van der Waals surface area contributed by atoms with Crippen molar-refractivity contribution in [3.8, 4) is 23.0 Å². The van der Waals surface area contributed by atoms with Gasteiger partial charge in [0.25, 0.3) is 5.69 Å².